The molecular weight excluding hydrogens is 134 g/mol. The molecule has 0 bridgehead atoms. The summed E-state index contributed by atoms with van der Waals surface area (Å²) in [7, 11) is 0. The van der Waals surface area contributed by atoms with Gasteiger partial charge in [-0.2, -0.15) is 0 Å². The second kappa shape index (κ2) is 1.63. The average Bonchev–Trinajstić information content (AvgIpc) is 1.81. The van der Waals surface area contributed by atoms with E-state index in [0.717, 1.165) is 0 Å². The van der Waals surface area contributed by atoms with Crippen molar-refractivity contribution in [3.05, 3.63) is 0 Å². The van der Waals surface area contributed by atoms with Crippen LogP contribution >= 0.6 is 0 Å². The molecule has 2 rings (SSSR count). The van der Waals surface area contributed by atoms with E-state index in [1.807, 2.05) is 0 Å². The fraction of sp³-hybridized carbons (Fsp3) is 0.833. The monoisotopic (exact) mass is 143 g/mol. The lowest BCUT2D eigenvalue weighted by atomic mass is 9.69. The van der Waals surface area contributed by atoms with Crippen molar-refractivity contribution in [3.63, 3.8) is 0 Å². The van der Waals surface area contributed by atoms with Gasteiger partial charge in [-0.15, -0.1) is 0 Å². The minimum atomic E-state index is -0.854. The summed E-state index contributed by atoms with van der Waals surface area (Å²) in [6.07, 6.45) is -0.453. The zero-order chi connectivity index (χ0) is 7.30. The molecule has 56 valence electrons. The third kappa shape index (κ3) is 0.520. The zero-order valence-electron chi connectivity index (χ0n) is 5.40. The summed E-state index contributed by atoms with van der Waals surface area (Å²) in [4.78, 5) is 11.7. The number of likely N-dealkylation sites (tertiary alicyclic amines) is 1. The molecule has 3 atom stereocenters. The van der Waals surface area contributed by atoms with Crippen LogP contribution in [-0.2, 0) is 0 Å². The van der Waals surface area contributed by atoms with Gasteiger partial charge in [0.15, 0.2) is 0 Å². The highest BCUT2D eigenvalue weighted by atomic mass is 16.4. The van der Waals surface area contributed by atoms with Crippen molar-refractivity contribution in [2.24, 2.45) is 5.92 Å². The molecule has 2 N–H and O–H groups in total. The average molecular weight is 143 g/mol. The van der Waals surface area contributed by atoms with Gasteiger partial charge in [0.05, 0.1) is 6.10 Å². The quantitative estimate of drug-likeness (QED) is 0.490. The van der Waals surface area contributed by atoms with Crippen molar-refractivity contribution in [3.8, 4) is 0 Å². The first-order chi connectivity index (χ1) is 4.70. The van der Waals surface area contributed by atoms with Gasteiger partial charge in [0.25, 0.3) is 0 Å². The molecule has 1 heterocycles. The van der Waals surface area contributed by atoms with E-state index in [2.05, 4.69) is 0 Å². The highest BCUT2D eigenvalue weighted by Crippen LogP contribution is 2.41. The minimum Gasteiger partial charge on any atom is -0.465 e. The normalized spacial score (nSPS) is 43.3. The molecule has 0 aromatic carbocycles. The summed E-state index contributed by atoms with van der Waals surface area (Å²) in [5.74, 6) is 0.246. The summed E-state index contributed by atoms with van der Waals surface area (Å²) in [5, 5.41) is 17.5. The summed E-state index contributed by atoms with van der Waals surface area (Å²) in [6, 6.07) is 0.132. The summed E-state index contributed by atoms with van der Waals surface area (Å²) in [5.41, 5.74) is 0. The molecule has 4 nitrogen and oxygen atoms in total. The molecule has 0 spiro atoms. The van der Waals surface area contributed by atoms with E-state index in [1.54, 1.807) is 0 Å². The first-order valence-electron chi connectivity index (χ1n) is 3.38. The van der Waals surface area contributed by atoms with Gasteiger partial charge in [0, 0.05) is 18.5 Å². The Balaban J connectivity index is 1.94. The number of piperidine rings is 1. The van der Waals surface area contributed by atoms with Crippen LogP contribution in [0.25, 0.3) is 0 Å². The van der Waals surface area contributed by atoms with Crippen molar-refractivity contribution in [1.82, 2.24) is 4.90 Å². The number of carbonyl (C=O) groups is 1. The van der Waals surface area contributed by atoms with Crippen LogP contribution in [0.3, 0.4) is 0 Å². The van der Waals surface area contributed by atoms with Gasteiger partial charge in [0.1, 0.15) is 0 Å². The number of hydrogen-bond donors (Lipinski definition) is 2. The van der Waals surface area contributed by atoms with Gasteiger partial charge >= 0.3 is 6.09 Å². The number of aliphatic hydroxyl groups excluding tert-OH is 1. The Hall–Kier alpha value is -0.770. The molecule has 0 radical (unpaired) electrons. The summed E-state index contributed by atoms with van der Waals surface area (Å²) in [6.45, 7) is 0.529. The van der Waals surface area contributed by atoms with Gasteiger partial charge in [-0.05, 0) is 6.42 Å². The van der Waals surface area contributed by atoms with E-state index < -0.39 is 6.09 Å². The van der Waals surface area contributed by atoms with Crippen molar-refractivity contribution < 1.29 is 15.0 Å². The molecule has 2 fully saturated rings. The Bertz CT molecular complexity index is 182. The Morgan fingerprint density at radius 1 is 1.60 bits per heavy atom. The summed E-state index contributed by atoms with van der Waals surface area (Å²) >= 11 is 0. The molecule has 1 saturated carbocycles. The van der Waals surface area contributed by atoms with Gasteiger partial charge in [0.2, 0.25) is 0 Å². The van der Waals surface area contributed by atoms with Crippen LogP contribution in [0.4, 0.5) is 4.79 Å². The largest absolute Gasteiger partial charge is 0.465 e. The van der Waals surface area contributed by atoms with Gasteiger partial charge < -0.3 is 15.1 Å². The van der Waals surface area contributed by atoms with Crippen molar-refractivity contribution in [1.29, 1.82) is 0 Å². The lowest BCUT2D eigenvalue weighted by molar-refractivity contribution is -0.133. The van der Waals surface area contributed by atoms with Crippen LogP contribution in [0.2, 0.25) is 0 Å². The molecule has 1 amide bonds. The van der Waals surface area contributed by atoms with Crippen molar-refractivity contribution in [2.75, 3.05) is 6.54 Å². The third-order valence-corrected chi connectivity index (χ3v) is 2.52. The maximum Gasteiger partial charge on any atom is 0.407 e. The molecule has 0 aromatic heterocycles. The van der Waals surface area contributed by atoms with Crippen LogP contribution in [-0.4, -0.2) is 39.9 Å². The molecule has 1 saturated heterocycles. The lowest BCUT2D eigenvalue weighted by Crippen LogP contribution is -2.70. The number of fused-ring (bicyclic) bond motifs is 1. The Kier molecular flexibility index (Phi) is 0.976. The van der Waals surface area contributed by atoms with Crippen LogP contribution in [0.5, 0.6) is 0 Å². The minimum absolute atomic E-state index is 0.132. The zero-order valence-corrected chi connectivity index (χ0v) is 5.40. The number of hydrogen-bond acceptors (Lipinski definition) is 2. The standard InChI is InChI=1S/C6H9NO3/c8-5-1-4-3(5)2-7(4)6(9)10/h3-5,8H,1-2H2,(H,9,10)/t3?,4?,5-/m1/s1. The molecule has 0 aromatic rings. The van der Waals surface area contributed by atoms with Gasteiger partial charge in [-0.3, -0.25) is 0 Å². The topological polar surface area (TPSA) is 60.8 Å². The van der Waals surface area contributed by atoms with Crippen molar-refractivity contribution >= 4 is 6.09 Å². The highest BCUT2D eigenvalue weighted by molar-refractivity contribution is 5.67. The SMILES string of the molecule is O=C(O)N1CC2C1C[C@H]2O. The van der Waals surface area contributed by atoms with Gasteiger partial charge in [-0.25, -0.2) is 4.79 Å². The molecule has 4 heteroatoms. The third-order valence-electron chi connectivity index (χ3n) is 2.52. The van der Waals surface area contributed by atoms with E-state index in [-0.39, 0.29) is 18.1 Å². The number of amides is 1. The molecular formula is C6H9NO3. The van der Waals surface area contributed by atoms with Crippen LogP contribution in [0.15, 0.2) is 0 Å². The number of carboxylic acid groups (broad SMARTS) is 1. The fourth-order valence-electron chi connectivity index (χ4n) is 1.70. The smallest absolute Gasteiger partial charge is 0.407 e. The van der Waals surface area contributed by atoms with E-state index >= 15 is 0 Å². The van der Waals surface area contributed by atoms with E-state index in [1.165, 1.54) is 4.90 Å². The van der Waals surface area contributed by atoms with E-state index in [0.29, 0.717) is 13.0 Å². The fourth-order valence-corrected chi connectivity index (χ4v) is 1.70. The maximum absolute atomic E-state index is 10.3. The highest BCUT2D eigenvalue weighted by Gasteiger charge is 2.54. The van der Waals surface area contributed by atoms with Crippen LogP contribution in [0, 0.1) is 5.92 Å². The van der Waals surface area contributed by atoms with E-state index in [4.69, 9.17) is 10.2 Å². The maximum atomic E-state index is 10.3. The van der Waals surface area contributed by atoms with Gasteiger partial charge in [-0.1, -0.05) is 0 Å². The second-order valence-corrected chi connectivity index (χ2v) is 2.97. The van der Waals surface area contributed by atoms with Crippen LogP contribution in [0.1, 0.15) is 6.42 Å². The molecule has 2 aliphatic rings. The predicted octanol–water partition coefficient (Wildman–Crippen LogP) is -0.271. The lowest BCUT2D eigenvalue weighted by Gasteiger charge is -2.56. The summed E-state index contributed by atoms with van der Waals surface area (Å²) < 4.78 is 0. The van der Waals surface area contributed by atoms with Crippen LogP contribution < -0.4 is 0 Å². The molecule has 1 aliphatic carbocycles. The number of rotatable bonds is 0. The van der Waals surface area contributed by atoms with E-state index in [9.17, 15) is 4.79 Å². The number of aliphatic hydroxyl groups is 1. The first-order valence-corrected chi connectivity index (χ1v) is 3.38. The second-order valence-electron chi connectivity index (χ2n) is 2.97. The Labute approximate surface area is 58.1 Å². The molecule has 2 unspecified atom stereocenters. The van der Waals surface area contributed by atoms with Crippen molar-refractivity contribution in [2.45, 2.75) is 18.6 Å². The Morgan fingerprint density at radius 3 is 2.60 bits per heavy atom. The Morgan fingerprint density at radius 2 is 2.30 bits per heavy atom. The first kappa shape index (κ1) is 5.97. The molecule has 10 heavy (non-hydrogen) atoms. The molecule has 1 aliphatic heterocycles. The predicted molar refractivity (Wildman–Crippen MR) is 32.6 cm³/mol. The number of nitrogens with zero attached hydrogens (tertiary/aromatic N) is 1.